The van der Waals surface area contributed by atoms with Crippen LogP contribution >= 0.6 is 0 Å². The highest BCUT2D eigenvalue weighted by atomic mass is 16.4. The molecule has 1 aromatic carbocycles. The van der Waals surface area contributed by atoms with Crippen molar-refractivity contribution in [1.82, 2.24) is 5.32 Å². The van der Waals surface area contributed by atoms with Crippen molar-refractivity contribution < 1.29 is 14.7 Å². The van der Waals surface area contributed by atoms with E-state index in [4.69, 9.17) is 10.4 Å². The van der Waals surface area contributed by atoms with Crippen molar-refractivity contribution in [3.63, 3.8) is 0 Å². The molecule has 1 amide bonds. The number of carboxylic acid groups (broad SMARTS) is 1. The lowest BCUT2D eigenvalue weighted by Crippen LogP contribution is -2.31. The van der Waals surface area contributed by atoms with Gasteiger partial charge in [0.2, 0.25) is 0 Å². The van der Waals surface area contributed by atoms with E-state index in [0.717, 1.165) is 6.42 Å². The van der Waals surface area contributed by atoms with Gasteiger partial charge in [0.1, 0.15) is 0 Å². The highest BCUT2D eigenvalue weighted by Crippen LogP contribution is 2.15. The van der Waals surface area contributed by atoms with Crippen LogP contribution in [0.5, 0.6) is 0 Å². The lowest BCUT2D eigenvalue weighted by atomic mass is 9.94. The van der Waals surface area contributed by atoms with E-state index in [1.165, 1.54) is 6.07 Å². The largest absolute Gasteiger partial charge is 0.481 e. The van der Waals surface area contributed by atoms with Gasteiger partial charge in [0.15, 0.2) is 0 Å². The molecule has 0 bridgehead atoms. The molecule has 0 aromatic heterocycles. The zero-order valence-electron chi connectivity index (χ0n) is 12.3. The Morgan fingerprint density at radius 2 is 2.10 bits per heavy atom. The van der Waals surface area contributed by atoms with Crippen LogP contribution in [0.25, 0.3) is 0 Å². The molecule has 0 spiro atoms. The number of nitrogens with zero attached hydrogens (tertiary/aromatic N) is 1. The predicted molar refractivity (Wildman–Crippen MR) is 78.7 cm³/mol. The van der Waals surface area contributed by atoms with Crippen LogP contribution in [0.3, 0.4) is 0 Å². The van der Waals surface area contributed by atoms with Crippen molar-refractivity contribution in [3.8, 4) is 6.07 Å². The maximum absolute atomic E-state index is 12.0. The number of rotatable bonds is 7. The third-order valence-electron chi connectivity index (χ3n) is 3.07. The SMILES string of the molecule is CC(C)C[C@H](CNC(=O)c1cccc(C#N)c1)CC(=O)O. The number of hydrogen-bond donors (Lipinski definition) is 2. The number of carbonyl (C=O) groups excluding carboxylic acids is 1. The smallest absolute Gasteiger partial charge is 0.303 e. The quantitative estimate of drug-likeness (QED) is 0.806. The normalized spacial score (nSPS) is 11.7. The average Bonchev–Trinajstić information content (AvgIpc) is 2.43. The highest BCUT2D eigenvalue weighted by Gasteiger charge is 2.16. The lowest BCUT2D eigenvalue weighted by Gasteiger charge is -2.17. The Morgan fingerprint density at radius 3 is 2.67 bits per heavy atom. The molecule has 1 atom stereocenters. The van der Waals surface area contributed by atoms with Crippen molar-refractivity contribution in [2.45, 2.75) is 26.7 Å². The van der Waals surface area contributed by atoms with E-state index in [2.05, 4.69) is 5.32 Å². The number of aliphatic carboxylic acids is 1. The van der Waals surface area contributed by atoms with E-state index < -0.39 is 5.97 Å². The van der Waals surface area contributed by atoms with Gasteiger partial charge in [0.05, 0.1) is 11.6 Å². The van der Waals surface area contributed by atoms with Gasteiger partial charge in [-0.25, -0.2) is 0 Å². The number of carboxylic acids is 1. The zero-order chi connectivity index (χ0) is 15.8. The summed E-state index contributed by atoms with van der Waals surface area (Å²) in [7, 11) is 0. The molecule has 0 radical (unpaired) electrons. The van der Waals surface area contributed by atoms with E-state index in [9.17, 15) is 9.59 Å². The lowest BCUT2D eigenvalue weighted by molar-refractivity contribution is -0.138. The summed E-state index contributed by atoms with van der Waals surface area (Å²) in [6.45, 7) is 4.36. The van der Waals surface area contributed by atoms with Crippen molar-refractivity contribution >= 4 is 11.9 Å². The molecule has 0 saturated heterocycles. The Labute approximate surface area is 124 Å². The molecule has 0 aliphatic heterocycles. The molecular weight excluding hydrogens is 268 g/mol. The van der Waals surface area contributed by atoms with Gasteiger partial charge in [-0.2, -0.15) is 5.26 Å². The molecule has 0 unspecified atom stereocenters. The molecule has 0 aliphatic rings. The van der Waals surface area contributed by atoms with Crippen molar-refractivity contribution in [3.05, 3.63) is 35.4 Å². The number of amides is 1. The fraction of sp³-hybridized carbons (Fsp3) is 0.438. The summed E-state index contributed by atoms with van der Waals surface area (Å²) < 4.78 is 0. The Morgan fingerprint density at radius 1 is 1.38 bits per heavy atom. The van der Waals surface area contributed by atoms with Crippen LogP contribution in [-0.2, 0) is 4.79 Å². The summed E-state index contributed by atoms with van der Waals surface area (Å²) in [6.07, 6.45) is 0.779. The topological polar surface area (TPSA) is 90.2 Å². The Hall–Kier alpha value is -2.35. The number of nitrogens with one attached hydrogen (secondary N) is 1. The summed E-state index contributed by atoms with van der Waals surface area (Å²) in [5.74, 6) is -0.869. The second kappa shape index (κ2) is 8.05. The second-order valence-electron chi connectivity index (χ2n) is 5.50. The minimum Gasteiger partial charge on any atom is -0.481 e. The Bertz CT molecular complexity index is 547. The first-order chi connectivity index (χ1) is 9.92. The molecule has 0 aliphatic carbocycles. The van der Waals surface area contributed by atoms with Crippen molar-refractivity contribution in [2.24, 2.45) is 11.8 Å². The van der Waals surface area contributed by atoms with Gasteiger partial charge in [-0.3, -0.25) is 9.59 Å². The van der Waals surface area contributed by atoms with E-state index in [1.54, 1.807) is 18.2 Å². The van der Waals surface area contributed by atoms with Gasteiger partial charge in [-0.05, 0) is 36.5 Å². The van der Waals surface area contributed by atoms with E-state index in [-0.39, 0.29) is 18.2 Å². The number of hydrogen-bond acceptors (Lipinski definition) is 3. The van der Waals surface area contributed by atoms with E-state index in [0.29, 0.717) is 23.6 Å². The maximum atomic E-state index is 12.0. The maximum Gasteiger partial charge on any atom is 0.303 e. The molecule has 0 fully saturated rings. The van der Waals surface area contributed by atoms with Crippen molar-refractivity contribution in [2.75, 3.05) is 6.54 Å². The third-order valence-corrected chi connectivity index (χ3v) is 3.07. The number of nitriles is 1. The molecule has 1 aromatic rings. The van der Waals surface area contributed by atoms with Crippen LogP contribution in [0.1, 0.15) is 42.6 Å². The van der Waals surface area contributed by atoms with Crippen LogP contribution in [0.4, 0.5) is 0 Å². The first kappa shape index (κ1) is 16.7. The fourth-order valence-electron chi connectivity index (χ4n) is 2.22. The Kier molecular flexibility index (Phi) is 6.41. The molecule has 1 rings (SSSR count). The molecule has 0 heterocycles. The summed E-state index contributed by atoms with van der Waals surface area (Å²) in [5, 5.41) is 20.5. The monoisotopic (exact) mass is 288 g/mol. The summed E-state index contributed by atoms with van der Waals surface area (Å²) >= 11 is 0. The van der Waals surface area contributed by atoms with Crippen LogP contribution < -0.4 is 5.32 Å². The summed E-state index contributed by atoms with van der Waals surface area (Å²) in [4.78, 5) is 22.9. The van der Waals surface area contributed by atoms with E-state index in [1.807, 2.05) is 19.9 Å². The molecule has 5 heteroatoms. The zero-order valence-corrected chi connectivity index (χ0v) is 12.3. The minimum atomic E-state index is -0.860. The summed E-state index contributed by atoms with van der Waals surface area (Å²) in [6, 6.07) is 8.41. The first-order valence-electron chi connectivity index (χ1n) is 6.92. The molecular formula is C16H20N2O3. The minimum absolute atomic E-state index is 0.0384. The standard InChI is InChI=1S/C16H20N2O3/c1-11(2)6-13(8-15(19)20)10-18-16(21)14-5-3-4-12(7-14)9-17/h3-5,7,11,13H,6,8,10H2,1-2H3,(H,18,21)(H,19,20)/t13-/m0/s1. The number of benzene rings is 1. The third kappa shape index (κ3) is 6.09. The van der Waals surface area contributed by atoms with Gasteiger partial charge in [-0.1, -0.05) is 19.9 Å². The predicted octanol–water partition coefficient (Wildman–Crippen LogP) is 2.43. The highest BCUT2D eigenvalue weighted by molar-refractivity contribution is 5.94. The van der Waals surface area contributed by atoms with Crippen molar-refractivity contribution in [1.29, 1.82) is 5.26 Å². The molecule has 2 N–H and O–H groups in total. The molecule has 5 nitrogen and oxygen atoms in total. The van der Waals surface area contributed by atoms with Gasteiger partial charge in [-0.15, -0.1) is 0 Å². The summed E-state index contributed by atoms with van der Waals surface area (Å²) in [5.41, 5.74) is 0.833. The van der Waals surface area contributed by atoms with Gasteiger partial charge in [0, 0.05) is 18.5 Å². The average molecular weight is 288 g/mol. The van der Waals surface area contributed by atoms with Crippen LogP contribution in [0, 0.1) is 23.2 Å². The second-order valence-corrected chi connectivity index (χ2v) is 5.50. The first-order valence-corrected chi connectivity index (χ1v) is 6.92. The van der Waals surface area contributed by atoms with Crippen LogP contribution in [0.15, 0.2) is 24.3 Å². The fourth-order valence-corrected chi connectivity index (χ4v) is 2.22. The van der Waals surface area contributed by atoms with Gasteiger partial charge in [0.25, 0.3) is 5.91 Å². The van der Waals surface area contributed by atoms with Gasteiger partial charge >= 0.3 is 5.97 Å². The molecule has 21 heavy (non-hydrogen) atoms. The molecule has 112 valence electrons. The van der Waals surface area contributed by atoms with Crippen LogP contribution in [-0.4, -0.2) is 23.5 Å². The molecule has 0 saturated carbocycles. The van der Waals surface area contributed by atoms with Crippen LogP contribution in [0.2, 0.25) is 0 Å². The van der Waals surface area contributed by atoms with E-state index >= 15 is 0 Å². The van der Waals surface area contributed by atoms with Gasteiger partial charge < -0.3 is 10.4 Å². The Balaban J connectivity index is 2.63. The number of carbonyl (C=O) groups is 2.